The first kappa shape index (κ1) is 17.5. The van der Waals surface area contributed by atoms with Crippen molar-refractivity contribution < 1.29 is 17.7 Å². The van der Waals surface area contributed by atoms with Crippen LogP contribution in [-0.4, -0.2) is 39.0 Å². The molecule has 0 atom stereocenters. The number of aromatic nitrogens is 4. The molecule has 0 fully saturated rings. The van der Waals surface area contributed by atoms with Gasteiger partial charge in [0.1, 0.15) is 6.54 Å². The van der Waals surface area contributed by atoms with Gasteiger partial charge in [0.15, 0.2) is 0 Å². The number of benzene rings is 1. The zero-order chi connectivity index (χ0) is 14.0. The van der Waals surface area contributed by atoms with E-state index in [1.165, 1.54) is 0 Å². The van der Waals surface area contributed by atoms with Gasteiger partial charge < -0.3 is 17.7 Å². The Labute approximate surface area is 135 Å². The second-order valence-electron chi connectivity index (χ2n) is 4.24. The van der Waals surface area contributed by atoms with Crippen LogP contribution in [0.3, 0.4) is 0 Å². The van der Waals surface area contributed by atoms with Crippen LogP contribution in [0.15, 0.2) is 35.5 Å². The molecule has 0 aliphatic rings. The highest BCUT2D eigenvalue weighted by Gasteiger charge is 2.01. The van der Waals surface area contributed by atoms with Gasteiger partial charge in [-0.2, -0.15) is 0 Å². The maximum atomic E-state index is 3.93. The lowest BCUT2D eigenvalue weighted by molar-refractivity contribution is -0.643. The molecule has 1 aromatic carbocycles. The van der Waals surface area contributed by atoms with Gasteiger partial charge in [-0.15, -0.1) is 5.10 Å². The van der Waals surface area contributed by atoms with Crippen LogP contribution in [0.1, 0.15) is 12.0 Å². The van der Waals surface area contributed by atoms with Crippen molar-refractivity contribution in [1.29, 1.82) is 0 Å². The largest absolute Gasteiger partial charge is 1.00 e. The van der Waals surface area contributed by atoms with Crippen LogP contribution < -0.4 is 17.7 Å². The van der Waals surface area contributed by atoms with Crippen molar-refractivity contribution in [1.82, 2.24) is 20.2 Å². The third kappa shape index (κ3) is 6.63. The Hall–Kier alpha value is -1.55. The molecule has 5 nitrogen and oxygen atoms in total. The lowest BCUT2D eigenvalue weighted by Crippen LogP contribution is -3.00. The van der Waals surface area contributed by atoms with Gasteiger partial charge in [-0.05, 0) is 28.5 Å². The average Bonchev–Trinajstić information content (AvgIpc) is 2.88. The molecule has 21 heavy (non-hydrogen) atoms. The molecule has 0 aliphatic heterocycles. The zero-order valence-corrected chi connectivity index (χ0v) is 13.4. The molecular formula is C14H18ClN5S. The Morgan fingerprint density at radius 2 is 2.10 bits per heavy atom. The fourth-order valence-electron chi connectivity index (χ4n) is 1.58. The number of nitrogens with two attached hydrogens (primary N) is 1. The zero-order valence-electron chi connectivity index (χ0n) is 11.9. The van der Waals surface area contributed by atoms with Gasteiger partial charge in [0.25, 0.3) is 0 Å². The first-order chi connectivity index (χ1) is 9.86. The standard InChI is InChI=1S/C14H17N5S.ClH/c1-19-14(16-17-18-19)20-12-6-11-15-10-5-9-13-7-3-2-4-8-13;/h2-4,7-8,15H,6,10-12H2,1H3;1H. The Bertz CT molecular complexity index is 576. The summed E-state index contributed by atoms with van der Waals surface area (Å²) in [5.41, 5.74) is 1.08. The van der Waals surface area contributed by atoms with E-state index in [0.29, 0.717) is 0 Å². The van der Waals surface area contributed by atoms with Gasteiger partial charge in [0.2, 0.25) is 5.16 Å². The van der Waals surface area contributed by atoms with E-state index in [-0.39, 0.29) is 12.4 Å². The van der Waals surface area contributed by atoms with E-state index >= 15 is 0 Å². The third-order valence-corrected chi connectivity index (χ3v) is 3.71. The van der Waals surface area contributed by atoms with E-state index in [1.807, 2.05) is 37.4 Å². The molecule has 1 heterocycles. The van der Waals surface area contributed by atoms with Crippen LogP contribution in [0.25, 0.3) is 0 Å². The molecule has 2 aromatic rings. The normalized spacial score (nSPS) is 9.57. The molecule has 0 radical (unpaired) electrons. The number of quaternary nitrogens is 1. The number of halogens is 1. The quantitative estimate of drug-likeness (QED) is 0.357. The summed E-state index contributed by atoms with van der Waals surface area (Å²) in [5, 5.41) is 14.4. The third-order valence-electron chi connectivity index (χ3n) is 2.62. The smallest absolute Gasteiger partial charge is 0.209 e. The first-order valence-corrected chi connectivity index (χ1v) is 7.55. The molecule has 2 rings (SSSR count). The molecule has 0 bridgehead atoms. The molecule has 0 unspecified atom stereocenters. The highest BCUT2D eigenvalue weighted by Crippen LogP contribution is 2.12. The van der Waals surface area contributed by atoms with Crippen LogP contribution >= 0.6 is 11.8 Å². The molecule has 1 aromatic heterocycles. The summed E-state index contributed by atoms with van der Waals surface area (Å²) in [6.45, 7) is 1.91. The molecule has 2 N–H and O–H groups in total. The topological polar surface area (TPSA) is 60.2 Å². The second kappa shape index (κ2) is 10.2. The Morgan fingerprint density at radius 3 is 2.81 bits per heavy atom. The van der Waals surface area contributed by atoms with Crippen molar-refractivity contribution >= 4 is 11.8 Å². The summed E-state index contributed by atoms with van der Waals surface area (Å²) in [4.78, 5) is 0. The van der Waals surface area contributed by atoms with Crippen LogP contribution in [-0.2, 0) is 7.05 Å². The van der Waals surface area contributed by atoms with Crippen molar-refractivity contribution in [2.45, 2.75) is 11.6 Å². The average molecular weight is 324 g/mol. The number of thioether (sulfide) groups is 1. The van der Waals surface area contributed by atoms with E-state index in [1.54, 1.807) is 16.4 Å². The number of nitrogens with zero attached hydrogens (tertiary/aromatic N) is 4. The minimum atomic E-state index is 0. The summed E-state index contributed by atoms with van der Waals surface area (Å²) in [5.74, 6) is 7.34. The maximum Gasteiger partial charge on any atom is 0.209 e. The van der Waals surface area contributed by atoms with E-state index in [4.69, 9.17) is 0 Å². The molecular weight excluding hydrogens is 306 g/mol. The highest BCUT2D eigenvalue weighted by molar-refractivity contribution is 7.99. The van der Waals surface area contributed by atoms with E-state index < -0.39 is 0 Å². The van der Waals surface area contributed by atoms with Gasteiger partial charge in [0, 0.05) is 24.8 Å². The molecule has 0 aliphatic carbocycles. The predicted molar refractivity (Wildman–Crippen MR) is 79.1 cm³/mol. The molecule has 0 saturated heterocycles. The fraction of sp³-hybridized carbons (Fsp3) is 0.357. The van der Waals surface area contributed by atoms with Gasteiger partial charge in [0.05, 0.1) is 6.54 Å². The van der Waals surface area contributed by atoms with Crippen molar-refractivity contribution in [3.63, 3.8) is 0 Å². The number of tetrazole rings is 1. The summed E-state index contributed by atoms with van der Waals surface area (Å²) in [6, 6.07) is 10.1. The molecule has 0 spiro atoms. The van der Waals surface area contributed by atoms with Gasteiger partial charge in [-0.25, -0.2) is 4.68 Å². The van der Waals surface area contributed by atoms with E-state index in [2.05, 4.69) is 32.7 Å². The number of hydrogen-bond donors (Lipinski definition) is 1. The minimum Gasteiger partial charge on any atom is -1.00 e. The van der Waals surface area contributed by atoms with E-state index in [0.717, 1.165) is 36.0 Å². The number of hydrogen-bond acceptors (Lipinski definition) is 4. The van der Waals surface area contributed by atoms with E-state index in [9.17, 15) is 0 Å². The van der Waals surface area contributed by atoms with Crippen LogP contribution in [0.4, 0.5) is 0 Å². The predicted octanol–water partition coefficient (Wildman–Crippen LogP) is -2.69. The summed E-state index contributed by atoms with van der Waals surface area (Å²) >= 11 is 1.69. The first-order valence-electron chi connectivity index (χ1n) is 6.57. The monoisotopic (exact) mass is 323 g/mol. The Kier molecular flexibility index (Phi) is 8.51. The molecule has 7 heteroatoms. The number of rotatable bonds is 6. The fourth-order valence-corrected chi connectivity index (χ4v) is 2.39. The van der Waals surface area contributed by atoms with Gasteiger partial charge >= 0.3 is 0 Å². The lowest BCUT2D eigenvalue weighted by atomic mass is 10.2. The summed E-state index contributed by atoms with van der Waals surface area (Å²) < 4.78 is 1.69. The lowest BCUT2D eigenvalue weighted by Gasteiger charge is -1.98. The SMILES string of the molecule is Cn1nnnc1SCCC[NH2+]CC#Cc1ccccc1.[Cl-]. The van der Waals surface area contributed by atoms with Crippen LogP contribution in [0, 0.1) is 11.8 Å². The Morgan fingerprint density at radius 1 is 1.29 bits per heavy atom. The van der Waals surface area contributed by atoms with Gasteiger partial charge in [-0.3, -0.25) is 0 Å². The molecule has 112 valence electrons. The Balaban J connectivity index is 0.00000220. The van der Waals surface area contributed by atoms with Crippen molar-refractivity contribution in [2.75, 3.05) is 18.8 Å². The van der Waals surface area contributed by atoms with Crippen LogP contribution in [0.5, 0.6) is 0 Å². The second-order valence-corrected chi connectivity index (χ2v) is 5.30. The van der Waals surface area contributed by atoms with Crippen molar-refractivity contribution in [3.05, 3.63) is 35.9 Å². The van der Waals surface area contributed by atoms with Crippen LogP contribution in [0.2, 0.25) is 0 Å². The number of aryl methyl sites for hydroxylation is 1. The summed E-state index contributed by atoms with van der Waals surface area (Å²) in [7, 11) is 1.85. The van der Waals surface area contributed by atoms with Gasteiger partial charge in [-0.1, -0.05) is 35.9 Å². The molecule has 0 saturated carbocycles. The van der Waals surface area contributed by atoms with Crippen molar-refractivity contribution in [3.8, 4) is 11.8 Å². The summed E-state index contributed by atoms with van der Waals surface area (Å²) in [6.07, 6.45) is 1.12. The molecule has 0 amide bonds. The highest BCUT2D eigenvalue weighted by atomic mass is 35.5. The maximum absolute atomic E-state index is 3.93. The minimum absolute atomic E-state index is 0. The van der Waals surface area contributed by atoms with Crippen molar-refractivity contribution in [2.24, 2.45) is 7.05 Å².